The minimum atomic E-state index is -0.613. The molecule has 2 rings (SSSR count). The minimum absolute atomic E-state index is 0.125. The summed E-state index contributed by atoms with van der Waals surface area (Å²) >= 11 is 0. The summed E-state index contributed by atoms with van der Waals surface area (Å²) in [6, 6.07) is 1.63. The van der Waals surface area contributed by atoms with Gasteiger partial charge in [-0.05, 0) is 52.6 Å². The molecule has 1 saturated heterocycles. The van der Waals surface area contributed by atoms with E-state index in [0.29, 0.717) is 18.1 Å². The van der Waals surface area contributed by atoms with Gasteiger partial charge < -0.3 is 15.3 Å². The molecule has 4 atom stereocenters. The molecule has 104 valence electrons. The first-order valence-corrected chi connectivity index (χ1v) is 7.25. The van der Waals surface area contributed by atoms with Crippen LogP contribution in [0.15, 0.2) is 0 Å². The highest BCUT2D eigenvalue weighted by atomic mass is 16.4. The van der Waals surface area contributed by atoms with Gasteiger partial charge in [0.15, 0.2) is 0 Å². The second kappa shape index (κ2) is 6.02. The lowest BCUT2D eigenvalue weighted by molar-refractivity contribution is -0.143. The number of carboxylic acid groups (broad SMARTS) is 1. The molecule has 2 aliphatic rings. The molecular formula is C14H26N2O2. The van der Waals surface area contributed by atoms with Gasteiger partial charge in [0.25, 0.3) is 0 Å². The van der Waals surface area contributed by atoms with Crippen LogP contribution in [-0.4, -0.2) is 47.7 Å². The Morgan fingerprint density at radius 2 is 1.94 bits per heavy atom. The van der Waals surface area contributed by atoms with E-state index in [9.17, 15) is 4.79 Å². The van der Waals surface area contributed by atoms with E-state index in [2.05, 4.69) is 24.2 Å². The van der Waals surface area contributed by atoms with E-state index in [1.165, 1.54) is 12.8 Å². The molecule has 4 unspecified atom stereocenters. The highest BCUT2D eigenvalue weighted by Gasteiger charge is 2.30. The summed E-state index contributed by atoms with van der Waals surface area (Å²) in [5.74, 6) is -0.738. The zero-order chi connectivity index (χ0) is 13.1. The predicted octanol–water partition coefficient (Wildman–Crippen LogP) is 1.70. The Balaban J connectivity index is 1.80. The lowest BCUT2D eigenvalue weighted by atomic mass is 9.85. The monoisotopic (exact) mass is 254 g/mol. The van der Waals surface area contributed by atoms with E-state index >= 15 is 0 Å². The molecular weight excluding hydrogens is 228 g/mol. The molecule has 0 aromatic rings. The van der Waals surface area contributed by atoms with Gasteiger partial charge in [-0.2, -0.15) is 0 Å². The Morgan fingerprint density at radius 1 is 1.22 bits per heavy atom. The van der Waals surface area contributed by atoms with Crippen LogP contribution in [0.2, 0.25) is 0 Å². The molecule has 0 aromatic heterocycles. The molecule has 0 bridgehead atoms. The number of carboxylic acids is 1. The van der Waals surface area contributed by atoms with Crippen molar-refractivity contribution in [2.45, 2.75) is 63.6 Å². The normalized spacial score (nSPS) is 38.6. The summed E-state index contributed by atoms with van der Waals surface area (Å²) < 4.78 is 0. The fraction of sp³-hybridized carbons (Fsp3) is 0.929. The lowest BCUT2D eigenvalue weighted by Crippen LogP contribution is -2.49. The van der Waals surface area contributed by atoms with Crippen LogP contribution in [0.25, 0.3) is 0 Å². The third-order valence-electron chi connectivity index (χ3n) is 4.70. The number of carbonyl (C=O) groups is 1. The molecule has 2 N–H and O–H groups in total. The Kier molecular flexibility index (Phi) is 4.62. The molecule has 0 spiro atoms. The number of likely N-dealkylation sites (tertiary alicyclic amines) is 1. The van der Waals surface area contributed by atoms with Crippen LogP contribution < -0.4 is 5.32 Å². The lowest BCUT2D eigenvalue weighted by Gasteiger charge is -2.38. The molecule has 4 nitrogen and oxygen atoms in total. The van der Waals surface area contributed by atoms with Crippen molar-refractivity contribution >= 4 is 5.97 Å². The molecule has 1 heterocycles. The van der Waals surface area contributed by atoms with Crippen LogP contribution in [0.5, 0.6) is 0 Å². The molecule has 0 aromatic carbocycles. The third-order valence-corrected chi connectivity index (χ3v) is 4.70. The fourth-order valence-corrected chi connectivity index (χ4v) is 3.34. The number of nitrogens with one attached hydrogen (secondary N) is 1. The molecule has 0 amide bonds. The number of aliphatic carboxylic acids is 1. The first-order chi connectivity index (χ1) is 8.56. The molecule has 1 aliphatic heterocycles. The number of nitrogens with zero attached hydrogens (tertiary/aromatic N) is 1. The van der Waals surface area contributed by atoms with E-state index in [4.69, 9.17) is 5.11 Å². The van der Waals surface area contributed by atoms with E-state index in [0.717, 1.165) is 32.2 Å². The second-order valence-electron chi connectivity index (χ2n) is 6.12. The Morgan fingerprint density at radius 3 is 2.61 bits per heavy atom. The zero-order valence-corrected chi connectivity index (χ0v) is 11.6. The van der Waals surface area contributed by atoms with Crippen LogP contribution in [-0.2, 0) is 4.79 Å². The van der Waals surface area contributed by atoms with Crippen LogP contribution >= 0.6 is 0 Å². The maximum Gasteiger partial charge on any atom is 0.306 e. The van der Waals surface area contributed by atoms with Gasteiger partial charge in [-0.25, -0.2) is 0 Å². The molecule has 2 fully saturated rings. The van der Waals surface area contributed by atoms with E-state index < -0.39 is 5.97 Å². The topological polar surface area (TPSA) is 52.6 Å². The van der Waals surface area contributed by atoms with Gasteiger partial charge in [0, 0.05) is 18.1 Å². The standard InChI is InChI=1S/C14H26N2O2/c1-10-8-13(6-7-16(10)2)15-12-5-3-4-11(9-12)14(17)18/h10-13,15H,3-9H2,1-2H3,(H,17,18). The summed E-state index contributed by atoms with van der Waals surface area (Å²) in [5.41, 5.74) is 0. The Bertz CT molecular complexity index is 296. The molecule has 18 heavy (non-hydrogen) atoms. The van der Waals surface area contributed by atoms with Crippen LogP contribution in [0.4, 0.5) is 0 Å². The number of rotatable bonds is 3. The van der Waals surface area contributed by atoms with Crippen molar-refractivity contribution in [3.63, 3.8) is 0 Å². The Hall–Kier alpha value is -0.610. The highest BCUT2D eigenvalue weighted by Crippen LogP contribution is 2.26. The van der Waals surface area contributed by atoms with Crippen LogP contribution in [0.3, 0.4) is 0 Å². The van der Waals surface area contributed by atoms with Crippen molar-refractivity contribution in [3.05, 3.63) is 0 Å². The van der Waals surface area contributed by atoms with Crippen molar-refractivity contribution in [2.75, 3.05) is 13.6 Å². The highest BCUT2D eigenvalue weighted by molar-refractivity contribution is 5.70. The molecule has 0 radical (unpaired) electrons. The molecule has 1 saturated carbocycles. The quantitative estimate of drug-likeness (QED) is 0.805. The van der Waals surface area contributed by atoms with Gasteiger partial charge in [-0.1, -0.05) is 6.42 Å². The van der Waals surface area contributed by atoms with Gasteiger partial charge in [0.05, 0.1) is 5.92 Å². The van der Waals surface area contributed by atoms with Crippen LogP contribution in [0.1, 0.15) is 45.4 Å². The third kappa shape index (κ3) is 3.45. The predicted molar refractivity (Wildman–Crippen MR) is 71.6 cm³/mol. The van der Waals surface area contributed by atoms with Gasteiger partial charge in [0.2, 0.25) is 0 Å². The SMILES string of the molecule is CC1CC(NC2CCCC(C(=O)O)C2)CCN1C. The van der Waals surface area contributed by atoms with Crippen LogP contribution in [0, 0.1) is 5.92 Å². The minimum Gasteiger partial charge on any atom is -0.481 e. The van der Waals surface area contributed by atoms with Gasteiger partial charge >= 0.3 is 5.97 Å². The van der Waals surface area contributed by atoms with Gasteiger partial charge in [0.1, 0.15) is 0 Å². The van der Waals surface area contributed by atoms with Crippen molar-refractivity contribution < 1.29 is 9.90 Å². The van der Waals surface area contributed by atoms with E-state index in [1.807, 2.05) is 0 Å². The second-order valence-corrected chi connectivity index (χ2v) is 6.12. The van der Waals surface area contributed by atoms with Gasteiger partial charge in [-0.3, -0.25) is 4.79 Å². The van der Waals surface area contributed by atoms with Crippen molar-refractivity contribution in [2.24, 2.45) is 5.92 Å². The smallest absolute Gasteiger partial charge is 0.306 e. The Labute approximate surface area is 110 Å². The van der Waals surface area contributed by atoms with Crippen molar-refractivity contribution in [1.29, 1.82) is 0 Å². The first-order valence-electron chi connectivity index (χ1n) is 7.25. The number of hydrogen-bond acceptors (Lipinski definition) is 3. The van der Waals surface area contributed by atoms with E-state index in [-0.39, 0.29) is 5.92 Å². The summed E-state index contributed by atoms with van der Waals surface area (Å²) in [7, 11) is 2.18. The number of hydrogen-bond donors (Lipinski definition) is 2. The summed E-state index contributed by atoms with van der Waals surface area (Å²) in [5, 5.41) is 12.8. The average Bonchev–Trinajstić information content (AvgIpc) is 2.34. The summed E-state index contributed by atoms with van der Waals surface area (Å²) in [6.07, 6.45) is 6.24. The first kappa shape index (κ1) is 13.8. The summed E-state index contributed by atoms with van der Waals surface area (Å²) in [4.78, 5) is 13.5. The zero-order valence-electron chi connectivity index (χ0n) is 11.6. The fourth-order valence-electron chi connectivity index (χ4n) is 3.34. The number of piperidine rings is 1. The van der Waals surface area contributed by atoms with Gasteiger partial charge in [-0.15, -0.1) is 0 Å². The van der Waals surface area contributed by atoms with Crippen molar-refractivity contribution in [1.82, 2.24) is 10.2 Å². The maximum atomic E-state index is 11.1. The van der Waals surface area contributed by atoms with Crippen molar-refractivity contribution in [3.8, 4) is 0 Å². The summed E-state index contributed by atoms with van der Waals surface area (Å²) in [6.45, 7) is 3.42. The average molecular weight is 254 g/mol. The molecule has 4 heteroatoms. The maximum absolute atomic E-state index is 11.1. The largest absolute Gasteiger partial charge is 0.481 e. The van der Waals surface area contributed by atoms with E-state index in [1.54, 1.807) is 0 Å². The molecule has 1 aliphatic carbocycles.